The highest BCUT2D eigenvalue weighted by atomic mass is 32.2. The van der Waals surface area contributed by atoms with Crippen molar-refractivity contribution in [3.8, 4) is 11.5 Å². The molecule has 0 saturated heterocycles. The van der Waals surface area contributed by atoms with Crippen LogP contribution in [0.3, 0.4) is 0 Å². The van der Waals surface area contributed by atoms with Crippen molar-refractivity contribution in [3.63, 3.8) is 0 Å². The van der Waals surface area contributed by atoms with E-state index in [1.807, 2.05) is 24.3 Å². The lowest BCUT2D eigenvalue weighted by Gasteiger charge is -2.11. The first-order valence-electron chi connectivity index (χ1n) is 6.69. The summed E-state index contributed by atoms with van der Waals surface area (Å²) in [6.45, 7) is 4.17. The Morgan fingerprint density at radius 3 is 1.52 bits per heavy atom. The monoisotopic (exact) mass is 318 g/mol. The molecule has 110 valence electrons. The van der Waals surface area contributed by atoms with Crippen LogP contribution in [0.4, 0.5) is 0 Å². The van der Waals surface area contributed by atoms with Gasteiger partial charge in [0, 0.05) is 9.79 Å². The third-order valence-electron chi connectivity index (χ3n) is 3.18. The van der Waals surface area contributed by atoms with Crippen LogP contribution in [0, 0.1) is 13.8 Å². The molecule has 0 saturated carbocycles. The summed E-state index contributed by atoms with van der Waals surface area (Å²) in [6.07, 6.45) is 4.15. The van der Waals surface area contributed by atoms with Crippen LogP contribution in [0.25, 0.3) is 0 Å². The Morgan fingerprint density at radius 1 is 0.762 bits per heavy atom. The maximum atomic E-state index is 5.65. The van der Waals surface area contributed by atoms with Gasteiger partial charge >= 0.3 is 7.69 Å². The highest BCUT2D eigenvalue weighted by molar-refractivity contribution is 7.98. The van der Waals surface area contributed by atoms with E-state index in [0.29, 0.717) is 0 Å². The van der Waals surface area contributed by atoms with Gasteiger partial charge in [0.25, 0.3) is 0 Å². The molecule has 0 aliphatic rings. The van der Waals surface area contributed by atoms with Crippen LogP contribution in [-0.2, 0) is 0 Å². The van der Waals surface area contributed by atoms with Crippen molar-refractivity contribution in [3.05, 3.63) is 47.5 Å². The molecule has 0 fully saturated rings. The van der Waals surface area contributed by atoms with Crippen LogP contribution in [0.1, 0.15) is 11.1 Å². The first-order chi connectivity index (χ1) is 10.1. The third kappa shape index (κ3) is 4.38. The number of rotatable bonds is 6. The molecule has 2 aromatic carbocycles. The quantitative estimate of drug-likeness (QED) is 0.577. The van der Waals surface area contributed by atoms with Gasteiger partial charge in [-0.1, -0.05) is 0 Å². The Bertz CT molecular complexity index is 564. The predicted octanol–water partition coefficient (Wildman–Crippen LogP) is 4.47. The topological polar surface area (TPSA) is 18.5 Å². The Balaban J connectivity index is 1.92. The zero-order valence-electron chi connectivity index (χ0n) is 12.8. The van der Waals surface area contributed by atoms with Crippen LogP contribution >= 0.6 is 23.5 Å². The van der Waals surface area contributed by atoms with E-state index in [9.17, 15) is 0 Å². The molecule has 0 amide bonds. The van der Waals surface area contributed by atoms with Crippen LogP contribution in [-0.4, -0.2) is 20.2 Å². The molecule has 0 aliphatic carbocycles. The van der Waals surface area contributed by atoms with Crippen molar-refractivity contribution in [1.29, 1.82) is 0 Å². The molecule has 0 radical (unpaired) electrons. The van der Waals surface area contributed by atoms with Crippen LogP contribution < -0.4 is 9.31 Å². The minimum atomic E-state index is 0.218. The lowest BCUT2D eigenvalue weighted by molar-refractivity contribution is 0.458. The first-order valence-corrected chi connectivity index (χ1v) is 9.14. The van der Waals surface area contributed by atoms with E-state index >= 15 is 0 Å². The summed E-state index contributed by atoms with van der Waals surface area (Å²) < 4.78 is 11.3. The molecule has 2 nitrogen and oxygen atoms in total. The van der Waals surface area contributed by atoms with Crippen LogP contribution in [0.5, 0.6) is 11.5 Å². The van der Waals surface area contributed by atoms with Crippen LogP contribution in [0.15, 0.2) is 46.2 Å². The van der Waals surface area contributed by atoms with E-state index in [1.54, 1.807) is 23.5 Å². The summed E-state index contributed by atoms with van der Waals surface area (Å²) in [5, 5.41) is 0. The minimum Gasteiger partial charge on any atom is -0.529 e. The highest BCUT2D eigenvalue weighted by Crippen LogP contribution is 2.25. The molecule has 0 atom stereocenters. The van der Waals surface area contributed by atoms with Crippen molar-refractivity contribution in [2.45, 2.75) is 23.6 Å². The van der Waals surface area contributed by atoms with E-state index in [2.05, 4.69) is 38.5 Å². The van der Waals surface area contributed by atoms with Gasteiger partial charge in [0.2, 0.25) is 0 Å². The normalized spacial score (nSPS) is 10.3. The van der Waals surface area contributed by atoms with E-state index in [1.165, 1.54) is 20.9 Å². The maximum absolute atomic E-state index is 5.65. The fraction of sp³-hybridized carbons (Fsp3) is 0.250. The molecule has 0 heterocycles. The van der Waals surface area contributed by atoms with E-state index < -0.39 is 0 Å². The molecule has 0 aliphatic heterocycles. The highest BCUT2D eigenvalue weighted by Gasteiger charge is 2.04. The maximum Gasteiger partial charge on any atom is 0.576 e. The summed E-state index contributed by atoms with van der Waals surface area (Å²) in [4.78, 5) is 2.54. The Labute approximate surface area is 135 Å². The second-order valence-corrected chi connectivity index (χ2v) is 6.37. The molecule has 2 rings (SSSR count). The van der Waals surface area contributed by atoms with E-state index in [0.717, 1.165) is 11.5 Å². The number of benzene rings is 2. The SMILES string of the molecule is CSc1ccc(OBOc2ccc(SC)c(C)c2)cc1C. The predicted molar refractivity (Wildman–Crippen MR) is 94.3 cm³/mol. The summed E-state index contributed by atoms with van der Waals surface area (Å²) in [6, 6.07) is 12.2. The van der Waals surface area contributed by atoms with Crippen molar-refractivity contribution < 1.29 is 9.31 Å². The minimum absolute atomic E-state index is 0.218. The van der Waals surface area contributed by atoms with Crippen molar-refractivity contribution in [1.82, 2.24) is 0 Å². The summed E-state index contributed by atoms with van der Waals surface area (Å²) in [7, 11) is 0.218. The number of thioether (sulfide) groups is 2. The standard InChI is InChI=1S/C16H19BO2S2/c1-11-9-13(5-7-15(11)20-3)18-17-19-14-6-8-16(21-4)12(2)10-14/h5-10,17H,1-4H3. The van der Waals surface area contributed by atoms with Gasteiger partial charge in [-0.15, -0.1) is 23.5 Å². The van der Waals surface area contributed by atoms with Gasteiger partial charge < -0.3 is 9.31 Å². The van der Waals surface area contributed by atoms with Crippen LogP contribution in [0.2, 0.25) is 0 Å². The second kappa shape index (κ2) is 7.71. The number of hydrogen-bond donors (Lipinski definition) is 0. The smallest absolute Gasteiger partial charge is 0.529 e. The Hall–Kier alpha value is -1.20. The van der Waals surface area contributed by atoms with E-state index in [-0.39, 0.29) is 7.69 Å². The largest absolute Gasteiger partial charge is 0.576 e. The van der Waals surface area contributed by atoms with Gasteiger partial charge in [0.15, 0.2) is 0 Å². The van der Waals surface area contributed by atoms with Crippen molar-refractivity contribution in [2.75, 3.05) is 12.5 Å². The van der Waals surface area contributed by atoms with Crippen molar-refractivity contribution >= 4 is 31.2 Å². The van der Waals surface area contributed by atoms with Gasteiger partial charge in [0.05, 0.1) is 0 Å². The summed E-state index contributed by atoms with van der Waals surface area (Å²) >= 11 is 3.48. The average Bonchev–Trinajstić information content (AvgIpc) is 2.48. The molecule has 0 bridgehead atoms. The number of hydrogen-bond acceptors (Lipinski definition) is 4. The molecule has 0 N–H and O–H groups in total. The molecule has 0 spiro atoms. The average molecular weight is 318 g/mol. The molecule has 0 unspecified atom stereocenters. The lowest BCUT2D eigenvalue weighted by Crippen LogP contribution is -2.11. The van der Waals surface area contributed by atoms with Gasteiger partial charge in [-0.3, -0.25) is 0 Å². The zero-order valence-corrected chi connectivity index (χ0v) is 14.4. The number of aryl methyl sites for hydroxylation is 2. The molecular weight excluding hydrogens is 299 g/mol. The lowest BCUT2D eigenvalue weighted by atomic mass is 10.2. The van der Waals surface area contributed by atoms with Gasteiger partial charge in [-0.25, -0.2) is 0 Å². The van der Waals surface area contributed by atoms with Gasteiger partial charge in [-0.05, 0) is 73.9 Å². The summed E-state index contributed by atoms with van der Waals surface area (Å²) in [5.74, 6) is 1.67. The Morgan fingerprint density at radius 2 is 1.19 bits per heavy atom. The zero-order chi connectivity index (χ0) is 15.2. The Kier molecular flexibility index (Phi) is 5.94. The first kappa shape index (κ1) is 16.2. The van der Waals surface area contributed by atoms with Gasteiger partial charge in [0.1, 0.15) is 11.5 Å². The molecule has 5 heteroatoms. The molecular formula is C16H19BO2S2. The third-order valence-corrected chi connectivity index (χ3v) is 4.98. The fourth-order valence-corrected chi connectivity index (χ4v) is 3.22. The van der Waals surface area contributed by atoms with E-state index in [4.69, 9.17) is 9.31 Å². The van der Waals surface area contributed by atoms with Crippen molar-refractivity contribution in [2.24, 2.45) is 0 Å². The fourth-order valence-electron chi connectivity index (χ4n) is 2.05. The van der Waals surface area contributed by atoms with Gasteiger partial charge in [-0.2, -0.15) is 0 Å². The molecule has 21 heavy (non-hydrogen) atoms. The molecule has 2 aromatic rings. The molecule has 0 aromatic heterocycles. The summed E-state index contributed by atoms with van der Waals surface area (Å²) in [5.41, 5.74) is 2.44. The second-order valence-electron chi connectivity index (χ2n) is 4.67.